The lowest BCUT2D eigenvalue weighted by Gasteiger charge is -2.25. The minimum Gasteiger partial charge on any atom is -0.454 e. The van der Waals surface area contributed by atoms with Crippen LogP contribution in [0.1, 0.15) is 25.0 Å². The van der Waals surface area contributed by atoms with E-state index in [1.54, 1.807) is 0 Å². The fourth-order valence-electron chi connectivity index (χ4n) is 3.29. The molecular formula is C21H23NO5. The van der Waals surface area contributed by atoms with Crippen molar-refractivity contribution in [1.29, 1.82) is 0 Å². The highest BCUT2D eigenvalue weighted by Crippen LogP contribution is 2.34. The van der Waals surface area contributed by atoms with Crippen molar-refractivity contribution in [3.05, 3.63) is 47.5 Å². The van der Waals surface area contributed by atoms with Gasteiger partial charge >= 0.3 is 0 Å². The molecule has 4 rings (SSSR count). The molecule has 142 valence electrons. The van der Waals surface area contributed by atoms with E-state index in [0.29, 0.717) is 31.2 Å². The lowest BCUT2D eigenvalue weighted by molar-refractivity contribution is -0.131. The van der Waals surface area contributed by atoms with Crippen molar-refractivity contribution in [2.75, 3.05) is 20.1 Å². The fraction of sp³-hybridized carbons (Fsp3) is 0.381. The highest BCUT2D eigenvalue weighted by molar-refractivity contribution is 5.79. The van der Waals surface area contributed by atoms with Crippen molar-refractivity contribution >= 4 is 5.91 Å². The zero-order valence-electron chi connectivity index (χ0n) is 15.6. The maximum absolute atomic E-state index is 13.0. The minimum absolute atomic E-state index is 0.0835. The van der Waals surface area contributed by atoms with Crippen LogP contribution in [0.4, 0.5) is 0 Å². The summed E-state index contributed by atoms with van der Waals surface area (Å²) in [6.07, 6.45) is 0.327. The Hall–Kier alpha value is -2.89. The van der Waals surface area contributed by atoms with Gasteiger partial charge in [-0.25, -0.2) is 0 Å². The van der Waals surface area contributed by atoms with Crippen molar-refractivity contribution in [2.24, 2.45) is 5.92 Å². The summed E-state index contributed by atoms with van der Waals surface area (Å²) in [4.78, 5) is 14.9. The molecule has 2 aromatic carbocycles. The molecule has 2 heterocycles. The molecule has 0 radical (unpaired) electrons. The van der Waals surface area contributed by atoms with Gasteiger partial charge in [0, 0.05) is 13.1 Å². The van der Waals surface area contributed by atoms with Gasteiger partial charge in [-0.2, -0.15) is 0 Å². The first-order chi connectivity index (χ1) is 13.1. The first-order valence-corrected chi connectivity index (χ1v) is 9.13. The summed E-state index contributed by atoms with van der Waals surface area (Å²) in [5.74, 6) is 3.37. The Balaban J connectivity index is 1.48. The van der Waals surface area contributed by atoms with Crippen LogP contribution in [-0.4, -0.2) is 30.9 Å². The normalized spacial score (nSPS) is 13.9. The van der Waals surface area contributed by atoms with E-state index in [9.17, 15) is 4.79 Å². The molecular weight excluding hydrogens is 346 g/mol. The standard InChI is InChI=1S/C21H23NO5/c1-14(2)10-22(11-16-4-6-18-20(8-16)27-13-25-18)21(23)9-15-3-5-17-19(7-15)26-12-24-17/h3-8,14H,9-13H2,1-2H3. The van der Waals surface area contributed by atoms with E-state index in [1.165, 1.54) is 0 Å². The number of hydrogen-bond donors (Lipinski definition) is 0. The van der Waals surface area contributed by atoms with Crippen LogP contribution >= 0.6 is 0 Å². The molecule has 2 aliphatic rings. The van der Waals surface area contributed by atoms with Gasteiger partial charge in [0.15, 0.2) is 23.0 Å². The highest BCUT2D eigenvalue weighted by atomic mass is 16.7. The number of ether oxygens (including phenoxy) is 4. The maximum Gasteiger partial charge on any atom is 0.231 e. The number of hydrogen-bond acceptors (Lipinski definition) is 5. The quantitative estimate of drug-likeness (QED) is 0.781. The van der Waals surface area contributed by atoms with Gasteiger partial charge in [-0.1, -0.05) is 26.0 Å². The Labute approximate surface area is 158 Å². The summed E-state index contributed by atoms with van der Waals surface area (Å²) in [6.45, 7) is 5.94. The Bertz CT molecular complexity index is 848. The number of nitrogens with zero attached hydrogens (tertiary/aromatic N) is 1. The second-order valence-electron chi connectivity index (χ2n) is 7.22. The van der Waals surface area contributed by atoms with Crippen LogP contribution < -0.4 is 18.9 Å². The number of carbonyl (C=O) groups excluding carboxylic acids is 1. The fourth-order valence-corrected chi connectivity index (χ4v) is 3.29. The SMILES string of the molecule is CC(C)CN(Cc1ccc2c(c1)OCO2)C(=O)Cc1ccc2c(c1)OCO2. The van der Waals surface area contributed by atoms with Crippen molar-refractivity contribution in [3.8, 4) is 23.0 Å². The Morgan fingerprint density at radius 2 is 1.44 bits per heavy atom. The molecule has 0 saturated heterocycles. The van der Waals surface area contributed by atoms with Gasteiger partial charge in [-0.3, -0.25) is 4.79 Å². The molecule has 0 N–H and O–H groups in total. The first kappa shape index (κ1) is 17.5. The van der Waals surface area contributed by atoms with Gasteiger partial charge in [0.05, 0.1) is 6.42 Å². The van der Waals surface area contributed by atoms with Crippen LogP contribution in [0.5, 0.6) is 23.0 Å². The highest BCUT2D eigenvalue weighted by Gasteiger charge is 2.20. The van der Waals surface area contributed by atoms with Crippen LogP contribution in [0.15, 0.2) is 36.4 Å². The Kier molecular flexibility index (Phi) is 4.79. The number of amides is 1. The smallest absolute Gasteiger partial charge is 0.231 e. The molecule has 0 spiro atoms. The zero-order chi connectivity index (χ0) is 18.8. The van der Waals surface area contributed by atoms with Gasteiger partial charge in [0.1, 0.15) is 0 Å². The summed E-state index contributed by atoms with van der Waals surface area (Å²) in [5.41, 5.74) is 1.95. The summed E-state index contributed by atoms with van der Waals surface area (Å²) in [6, 6.07) is 11.5. The number of benzene rings is 2. The van der Waals surface area contributed by atoms with E-state index in [-0.39, 0.29) is 19.5 Å². The van der Waals surface area contributed by atoms with Crippen LogP contribution in [-0.2, 0) is 17.8 Å². The average molecular weight is 369 g/mol. The van der Waals surface area contributed by atoms with Crippen LogP contribution in [0.25, 0.3) is 0 Å². The maximum atomic E-state index is 13.0. The number of fused-ring (bicyclic) bond motifs is 2. The van der Waals surface area contributed by atoms with Gasteiger partial charge in [0.25, 0.3) is 0 Å². The molecule has 2 aromatic rings. The number of rotatable bonds is 6. The van der Waals surface area contributed by atoms with Crippen molar-refractivity contribution in [1.82, 2.24) is 4.90 Å². The average Bonchev–Trinajstić information content (AvgIpc) is 3.28. The Morgan fingerprint density at radius 1 is 0.889 bits per heavy atom. The predicted molar refractivity (Wildman–Crippen MR) is 99.1 cm³/mol. The molecule has 0 fully saturated rings. The summed E-state index contributed by atoms with van der Waals surface area (Å²) in [7, 11) is 0. The minimum atomic E-state index is 0.0835. The Morgan fingerprint density at radius 3 is 2.07 bits per heavy atom. The van der Waals surface area contributed by atoms with E-state index in [4.69, 9.17) is 18.9 Å². The molecule has 27 heavy (non-hydrogen) atoms. The molecule has 2 aliphatic heterocycles. The third-order valence-corrected chi connectivity index (χ3v) is 4.54. The molecule has 0 saturated carbocycles. The van der Waals surface area contributed by atoms with Crippen molar-refractivity contribution in [3.63, 3.8) is 0 Å². The lowest BCUT2D eigenvalue weighted by Crippen LogP contribution is -2.34. The topological polar surface area (TPSA) is 57.2 Å². The van der Waals surface area contributed by atoms with E-state index in [2.05, 4.69) is 13.8 Å². The lowest BCUT2D eigenvalue weighted by atomic mass is 10.1. The monoisotopic (exact) mass is 369 g/mol. The molecule has 0 aromatic heterocycles. The summed E-state index contributed by atoms with van der Waals surface area (Å²) >= 11 is 0. The van der Waals surface area contributed by atoms with Crippen molar-refractivity contribution in [2.45, 2.75) is 26.8 Å². The zero-order valence-corrected chi connectivity index (χ0v) is 15.6. The van der Waals surface area contributed by atoms with Gasteiger partial charge in [0.2, 0.25) is 19.5 Å². The molecule has 0 unspecified atom stereocenters. The van der Waals surface area contributed by atoms with E-state index >= 15 is 0 Å². The molecule has 0 bridgehead atoms. The van der Waals surface area contributed by atoms with E-state index in [0.717, 1.165) is 28.4 Å². The van der Waals surface area contributed by atoms with E-state index in [1.807, 2.05) is 41.3 Å². The molecule has 6 nitrogen and oxygen atoms in total. The second kappa shape index (κ2) is 7.39. The van der Waals surface area contributed by atoms with Gasteiger partial charge in [-0.15, -0.1) is 0 Å². The molecule has 6 heteroatoms. The summed E-state index contributed by atoms with van der Waals surface area (Å²) in [5, 5.41) is 0. The van der Waals surface area contributed by atoms with Crippen molar-refractivity contribution < 1.29 is 23.7 Å². The van der Waals surface area contributed by atoms with Crippen LogP contribution in [0.3, 0.4) is 0 Å². The van der Waals surface area contributed by atoms with Crippen LogP contribution in [0.2, 0.25) is 0 Å². The van der Waals surface area contributed by atoms with Gasteiger partial charge < -0.3 is 23.8 Å². The number of carbonyl (C=O) groups is 1. The van der Waals surface area contributed by atoms with Crippen LogP contribution in [0, 0.1) is 5.92 Å². The third-order valence-electron chi connectivity index (χ3n) is 4.54. The first-order valence-electron chi connectivity index (χ1n) is 9.13. The van der Waals surface area contributed by atoms with E-state index < -0.39 is 0 Å². The molecule has 0 atom stereocenters. The predicted octanol–water partition coefficient (Wildman–Crippen LogP) is 3.37. The second-order valence-corrected chi connectivity index (χ2v) is 7.22. The molecule has 1 amide bonds. The largest absolute Gasteiger partial charge is 0.454 e. The molecule has 0 aliphatic carbocycles. The summed E-state index contributed by atoms with van der Waals surface area (Å²) < 4.78 is 21.6. The van der Waals surface area contributed by atoms with Gasteiger partial charge in [-0.05, 0) is 41.3 Å². The third kappa shape index (κ3) is 3.94.